The molecule has 0 saturated heterocycles. The third-order valence-electron chi connectivity index (χ3n) is 5.13. The Kier molecular flexibility index (Phi) is 7.41. The average molecular weight is 375 g/mol. The van der Waals surface area contributed by atoms with Crippen LogP contribution < -0.4 is 0 Å². The molecule has 0 fully saturated rings. The van der Waals surface area contributed by atoms with E-state index in [2.05, 4.69) is 72.8 Å². The fourth-order valence-corrected chi connectivity index (χ4v) is 3.71. The number of hydrogen-bond donors (Lipinski definition) is 1. The van der Waals surface area contributed by atoms with Gasteiger partial charge in [-0.3, -0.25) is 0 Å². The van der Waals surface area contributed by atoms with Crippen molar-refractivity contribution in [3.63, 3.8) is 0 Å². The van der Waals surface area contributed by atoms with E-state index < -0.39 is 5.60 Å². The maximum Gasteiger partial charge on any atom is 0.143 e. The summed E-state index contributed by atoms with van der Waals surface area (Å²) in [5.74, 6) is 0. The van der Waals surface area contributed by atoms with Crippen LogP contribution in [0.5, 0.6) is 0 Å². The highest BCUT2D eigenvalue weighted by molar-refractivity contribution is 5.47. The zero-order valence-corrected chi connectivity index (χ0v) is 16.6. The van der Waals surface area contributed by atoms with Crippen LogP contribution in [0.15, 0.2) is 91.0 Å². The molecule has 0 bridgehead atoms. The average Bonchev–Trinajstić information content (AvgIpc) is 2.75. The molecule has 0 radical (unpaired) electrons. The molecule has 0 aromatic heterocycles. The minimum absolute atomic E-state index is 0.224. The Morgan fingerprint density at radius 2 is 1.11 bits per heavy atom. The summed E-state index contributed by atoms with van der Waals surface area (Å²) in [6.45, 7) is 2.51. The maximum absolute atomic E-state index is 9.45. The van der Waals surface area contributed by atoms with Gasteiger partial charge in [-0.15, -0.1) is 0 Å². The van der Waals surface area contributed by atoms with E-state index in [9.17, 15) is 5.11 Å². The van der Waals surface area contributed by atoms with Gasteiger partial charge < -0.3 is 9.84 Å². The summed E-state index contributed by atoms with van der Waals surface area (Å²) < 4.78 is 6.73. The van der Waals surface area contributed by atoms with Crippen LogP contribution in [0.4, 0.5) is 0 Å². The van der Waals surface area contributed by atoms with Gasteiger partial charge in [-0.1, -0.05) is 104 Å². The Labute approximate surface area is 168 Å². The van der Waals surface area contributed by atoms with Gasteiger partial charge in [0.25, 0.3) is 0 Å². The van der Waals surface area contributed by atoms with Gasteiger partial charge in [-0.25, -0.2) is 0 Å². The number of aliphatic hydroxyl groups is 1. The van der Waals surface area contributed by atoms with Gasteiger partial charge in [0.1, 0.15) is 5.60 Å². The Morgan fingerprint density at radius 1 is 0.679 bits per heavy atom. The second kappa shape index (κ2) is 10.2. The molecule has 3 aromatic carbocycles. The third kappa shape index (κ3) is 4.89. The Bertz CT molecular complexity index is 701. The molecule has 2 nitrogen and oxygen atoms in total. The van der Waals surface area contributed by atoms with Crippen molar-refractivity contribution in [2.75, 3.05) is 6.61 Å². The second-order valence-corrected chi connectivity index (χ2v) is 7.33. The van der Waals surface area contributed by atoms with E-state index in [0.717, 1.165) is 42.4 Å². The number of benzene rings is 3. The summed E-state index contributed by atoms with van der Waals surface area (Å²) in [5.41, 5.74) is 2.78. The molecule has 0 aliphatic rings. The summed E-state index contributed by atoms with van der Waals surface area (Å²) in [6.07, 6.45) is 3.68. The van der Waals surface area contributed by atoms with E-state index in [-0.39, 0.29) is 6.10 Å². The summed E-state index contributed by atoms with van der Waals surface area (Å²) in [4.78, 5) is 0. The Hall–Kier alpha value is -2.42. The van der Waals surface area contributed by atoms with Crippen molar-refractivity contribution >= 4 is 0 Å². The largest absolute Gasteiger partial charge is 0.393 e. The lowest BCUT2D eigenvalue weighted by Crippen LogP contribution is -2.33. The standard InChI is InChI=1S/C26H30O2/c1-22(27)14-6-5-13-21-28-26(23-15-7-2-8-16-23,24-17-9-3-10-18-24)25-19-11-4-12-20-25/h2-4,7-12,15-20,22,27H,5-6,13-14,21H2,1H3. The first kappa shape index (κ1) is 20.3. The quantitative estimate of drug-likeness (QED) is 0.352. The minimum Gasteiger partial charge on any atom is -0.393 e. The fourth-order valence-electron chi connectivity index (χ4n) is 3.71. The highest BCUT2D eigenvalue weighted by Crippen LogP contribution is 2.40. The molecule has 0 spiro atoms. The molecule has 1 atom stereocenters. The molecular weight excluding hydrogens is 344 g/mol. The van der Waals surface area contributed by atoms with Crippen LogP contribution in [0.2, 0.25) is 0 Å². The first-order valence-corrected chi connectivity index (χ1v) is 10.2. The molecule has 2 heteroatoms. The minimum atomic E-state index is -0.631. The van der Waals surface area contributed by atoms with Gasteiger partial charge in [-0.05, 0) is 36.5 Å². The smallest absolute Gasteiger partial charge is 0.143 e. The maximum atomic E-state index is 9.45. The van der Waals surface area contributed by atoms with Gasteiger partial charge in [0.05, 0.1) is 6.10 Å². The van der Waals surface area contributed by atoms with Gasteiger partial charge >= 0.3 is 0 Å². The number of ether oxygens (including phenoxy) is 1. The molecule has 3 rings (SSSR count). The predicted molar refractivity (Wildman–Crippen MR) is 115 cm³/mol. The van der Waals surface area contributed by atoms with Gasteiger partial charge in [0.2, 0.25) is 0 Å². The van der Waals surface area contributed by atoms with Crippen LogP contribution in [0.1, 0.15) is 49.3 Å². The van der Waals surface area contributed by atoms with Crippen LogP contribution in [-0.2, 0) is 10.3 Å². The second-order valence-electron chi connectivity index (χ2n) is 7.33. The lowest BCUT2D eigenvalue weighted by Gasteiger charge is -2.36. The zero-order chi connectivity index (χ0) is 19.7. The lowest BCUT2D eigenvalue weighted by molar-refractivity contribution is 0.0103. The van der Waals surface area contributed by atoms with E-state index >= 15 is 0 Å². The third-order valence-corrected chi connectivity index (χ3v) is 5.13. The van der Waals surface area contributed by atoms with E-state index in [1.54, 1.807) is 0 Å². The normalized spacial score (nSPS) is 12.6. The lowest BCUT2D eigenvalue weighted by atomic mass is 9.80. The van der Waals surface area contributed by atoms with Gasteiger partial charge in [-0.2, -0.15) is 0 Å². The van der Waals surface area contributed by atoms with E-state index in [4.69, 9.17) is 4.74 Å². The molecule has 0 saturated carbocycles. The van der Waals surface area contributed by atoms with Crippen LogP contribution in [-0.4, -0.2) is 17.8 Å². The van der Waals surface area contributed by atoms with Crippen molar-refractivity contribution in [1.29, 1.82) is 0 Å². The van der Waals surface area contributed by atoms with Gasteiger partial charge in [0, 0.05) is 6.61 Å². The molecule has 0 aliphatic carbocycles. The summed E-state index contributed by atoms with van der Waals surface area (Å²) in [5, 5.41) is 9.45. The van der Waals surface area contributed by atoms with E-state index in [1.165, 1.54) is 0 Å². The van der Waals surface area contributed by atoms with E-state index in [0.29, 0.717) is 6.61 Å². The zero-order valence-electron chi connectivity index (χ0n) is 16.6. The number of rotatable bonds is 10. The summed E-state index contributed by atoms with van der Waals surface area (Å²) in [6, 6.07) is 31.4. The fraction of sp³-hybridized carbons (Fsp3) is 0.308. The predicted octanol–water partition coefficient (Wildman–Crippen LogP) is 5.94. The van der Waals surface area contributed by atoms with Crippen molar-refractivity contribution in [2.24, 2.45) is 0 Å². The summed E-state index contributed by atoms with van der Waals surface area (Å²) >= 11 is 0. The molecule has 28 heavy (non-hydrogen) atoms. The highest BCUT2D eigenvalue weighted by atomic mass is 16.5. The van der Waals surface area contributed by atoms with Crippen LogP contribution >= 0.6 is 0 Å². The van der Waals surface area contributed by atoms with Crippen LogP contribution in [0, 0.1) is 0 Å². The first-order valence-electron chi connectivity index (χ1n) is 10.2. The Balaban J connectivity index is 1.93. The van der Waals surface area contributed by atoms with E-state index in [1.807, 2.05) is 25.1 Å². The molecular formula is C26H30O2. The summed E-state index contributed by atoms with van der Waals surface area (Å²) in [7, 11) is 0. The monoisotopic (exact) mass is 374 g/mol. The number of unbranched alkanes of at least 4 members (excludes halogenated alkanes) is 2. The Morgan fingerprint density at radius 3 is 1.50 bits per heavy atom. The molecule has 1 N–H and O–H groups in total. The molecule has 1 unspecified atom stereocenters. The van der Waals surface area contributed by atoms with Crippen molar-refractivity contribution in [3.05, 3.63) is 108 Å². The van der Waals surface area contributed by atoms with Gasteiger partial charge in [0.15, 0.2) is 0 Å². The van der Waals surface area contributed by atoms with Crippen molar-refractivity contribution in [2.45, 2.75) is 44.3 Å². The van der Waals surface area contributed by atoms with Crippen molar-refractivity contribution in [1.82, 2.24) is 0 Å². The molecule has 0 amide bonds. The highest BCUT2D eigenvalue weighted by Gasteiger charge is 2.37. The topological polar surface area (TPSA) is 29.5 Å². The van der Waals surface area contributed by atoms with Crippen molar-refractivity contribution in [3.8, 4) is 0 Å². The number of hydrogen-bond acceptors (Lipinski definition) is 2. The molecule has 0 heterocycles. The first-order chi connectivity index (χ1) is 13.7. The SMILES string of the molecule is CC(O)CCCCCOC(c1ccccc1)(c1ccccc1)c1ccccc1. The number of aliphatic hydroxyl groups excluding tert-OH is 1. The molecule has 146 valence electrons. The molecule has 0 aliphatic heterocycles. The molecule has 3 aromatic rings. The van der Waals surface area contributed by atoms with Crippen LogP contribution in [0.25, 0.3) is 0 Å². The van der Waals surface area contributed by atoms with Crippen molar-refractivity contribution < 1.29 is 9.84 Å². The van der Waals surface area contributed by atoms with Crippen LogP contribution in [0.3, 0.4) is 0 Å².